The van der Waals surface area contributed by atoms with Crippen molar-refractivity contribution in [1.29, 1.82) is 0 Å². The van der Waals surface area contributed by atoms with Gasteiger partial charge in [-0.05, 0) is 25.1 Å². The zero-order chi connectivity index (χ0) is 23.1. The molecule has 1 unspecified atom stereocenters. The number of nitrogens with two attached hydrogens (primary N) is 1. The summed E-state index contributed by atoms with van der Waals surface area (Å²) in [6.07, 6.45) is -4.42. The molecule has 0 bridgehead atoms. The SMILES string of the molecule is CC(C(=O)c1c(N)n(C)c(=O)n(C)c1=O)N1CCN(c2cccc(C(F)(F)F)c2)CC1. The monoisotopic (exact) mass is 439 g/mol. The first kappa shape index (κ1) is 22.6. The van der Waals surface area contributed by atoms with Gasteiger partial charge in [-0.1, -0.05) is 6.07 Å². The Morgan fingerprint density at radius 3 is 2.26 bits per heavy atom. The zero-order valence-electron chi connectivity index (χ0n) is 17.4. The highest BCUT2D eigenvalue weighted by molar-refractivity contribution is 6.03. The molecule has 1 fully saturated rings. The molecule has 1 aliphatic heterocycles. The fourth-order valence-electron chi connectivity index (χ4n) is 3.71. The highest BCUT2D eigenvalue weighted by Gasteiger charge is 2.33. The van der Waals surface area contributed by atoms with Crippen LogP contribution < -0.4 is 21.9 Å². The molecule has 0 saturated carbocycles. The third-order valence-electron chi connectivity index (χ3n) is 5.74. The van der Waals surface area contributed by atoms with Gasteiger partial charge in [0, 0.05) is 46.0 Å². The van der Waals surface area contributed by atoms with Crippen LogP contribution in [0.15, 0.2) is 33.9 Å². The van der Waals surface area contributed by atoms with E-state index in [0.29, 0.717) is 31.9 Å². The lowest BCUT2D eigenvalue weighted by atomic mass is 10.0. The minimum atomic E-state index is -4.42. The minimum Gasteiger partial charge on any atom is -0.384 e. The molecule has 1 atom stereocenters. The van der Waals surface area contributed by atoms with Crippen molar-refractivity contribution >= 4 is 17.3 Å². The molecule has 2 N–H and O–H groups in total. The van der Waals surface area contributed by atoms with E-state index in [9.17, 15) is 27.6 Å². The third-order valence-corrected chi connectivity index (χ3v) is 5.74. The van der Waals surface area contributed by atoms with Gasteiger partial charge in [-0.25, -0.2) is 4.79 Å². The smallest absolute Gasteiger partial charge is 0.384 e. The molecule has 1 saturated heterocycles. The number of carbonyl (C=O) groups is 1. The molecule has 1 aromatic heterocycles. The van der Waals surface area contributed by atoms with Gasteiger partial charge in [0.2, 0.25) is 0 Å². The van der Waals surface area contributed by atoms with Gasteiger partial charge in [-0.15, -0.1) is 0 Å². The molecule has 8 nitrogen and oxygen atoms in total. The molecule has 2 heterocycles. The maximum absolute atomic E-state index is 13.0. The van der Waals surface area contributed by atoms with E-state index in [1.165, 1.54) is 20.2 Å². The number of nitrogens with zero attached hydrogens (tertiary/aromatic N) is 4. The Hall–Kier alpha value is -3.08. The molecule has 0 amide bonds. The number of rotatable bonds is 4. The number of aromatic nitrogens is 2. The zero-order valence-corrected chi connectivity index (χ0v) is 17.4. The van der Waals surface area contributed by atoms with Crippen molar-refractivity contribution in [3.05, 3.63) is 56.2 Å². The average Bonchev–Trinajstić information content (AvgIpc) is 2.75. The first-order valence-electron chi connectivity index (χ1n) is 9.69. The number of ketones is 1. The van der Waals surface area contributed by atoms with Crippen molar-refractivity contribution in [2.45, 2.75) is 19.1 Å². The lowest BCUT2D eigenvalue weighted by Crippen LogP contribution is -2.53. The fraction of sp³-hybridized carbons (Fsp3) is 0.450. The number of benzene rings is 1. The van der Waals surface area contributed by atoms with Crippen LogP contribution in [0.4, 0.5) is 24.7 Å². The van der Waals surface area contributed by atoms with Gasteiger partial charge in [-0.3, -0.25) is 23.6 Å². The van der Waals surface area contributed by atoms with Crippen LogP contribution in [-0.2, 0) is 20.3 Å². The summed E-state index contributed by atoms with van der Waals surface area (Å²) in [6, 6.07) is 4.44. The van der Waals surface area contributed by atoms with Crippen molar-refractivity contribution in [1.82, 2.24) is 14.0 Å². The maximum atomic E-state index is 13.0. The number of nitrogen functional groups attached to an aromatic ring is 1. The second kappa shape index (κ2) is 8.22. The van der Waals surface area contributed by atoms with E-state index in [2.05, 4.69) is 0 Å². The number of anilines is 2. The summed E-state index contributed by atoms with van der Waals surface area (Å²) in [5.41, 5.74) is 4.02. The molecular weight excluding hydrogens is 415 g/mol. The van der Waals surface area contributed by atoms with E-state index in [1.807, 2.05) is 9.80 Å². The highest BCUT2D eigenvalue weighted by atomic mass is 19.4. The Morgan fingerprint density at radius 2 is 1.68 bits per heavy atom. The van der Waals surface area contributed by atoms with Crippen LogP contribution in [0.1, 0.15) is 22.8 Å². The summed E-state index contributed by atoms with van der Waals surface area (Å²) in [5, 5.41) is 0. The lowest BCUT2D eigenvalue weighted by molar-refractivity contribution is -0.137. The van der Waals surface area contributed by atoms with Crippen LogP contribution in [-0.4, -0.2) is 52.0 Å². The van der Waals surface area contributed by atoms with Crippen LogP contribution >= 0.6 is 0 Å². The van der Waals surface area contributed by atoms with Crippen molar-refractivity contribution < 1.29 is 18.0 Å². The van der Waals surface area contributed by atoms with E-state index in [1.54, 1.807) is 13.0 Å². The van der Waals surface area contributed by atoms with Gasteiger partial charge < -0.3 is 10.6 Å². The Bertz CT molecular complexity index is 1110. The predicted molar refractivity (Wildman–Crippen MR) is 110 cm³/mol. The summed E-state index contributed by atoms with van der Waals surface area (Å²) in [6.45, 7) is 3.30. The molecule has 31 heavy (non-hydrogen) atoms. The summed E-state index contributed by atoms with van der Waals surface area (Å²) in [5.74, 6) is -0.686. The molecule has 168 valence electrons. The summed E-state index contributed by atoms with van der Waals surface area (Å²) in [7, 11) is 2.66. The van der Waals surface area contributed by atoms with E-state index in [-0.39, 0.29) is 11.4 Å². The fourth-order valence-corrected chi connectivity index (χ4v) is 3.71. The van der Waals surface area contributed by atoms with Crippen LogP contribution in [0, 0.1) is 0 Å². The Kier molecular flexibility index (Phi) is 5.99. The van der Waals surface area contributed by atoms with Gasteiger partial charge in [0.05, 0.1) is 11.6 Å². The Balaban J connectivity index is 1.76. The number of halogens is 3. The van der Waals surface area contributed by atoms with Gasteiger partial charge >= 0.3 is 11.9 Å². The van der Waals surface area contributed by atoms with Crippen molar-refractivity contribution in [2.24, 2.45) is 14.1 Å². The lowest BCUT2D eigenvalue weighted by Gasteiger charge is -2.38. The summed E-state index contributed by atoms with van der Waals surface area (Å²) >= 11 is 0. The summed E-state index contributed by atoms with van der Waals surface area (Å²) in [4.78, 5) is 41.1. The largest absolute Gasteiger partial charge is 0.416 e. The van der Waals surface area contributed by atoms with E-state index in [0.717, 1.165) is 21.3 Å². The first-order chi connectivity index (χ1) is 14.4. The van der Waals surface area contributed by atoms with Crippen molar-refractivity contribution in [3.63, 3.8) is 0 Å². The Morgan fingerprint density at radius 1 is 1.06 bits per heavy atom. The van der Waals surface area contributed by atoms with Gasteiger partial charge in [0.25, 0.3) is 5.56 Å². The molecule has 0 radical (unpaired) electrons. The quantitative estimate of drug-likeness (QED) is 0.717. The predicted octanol–water partition coefficient (Wildman–Crippen LogP) is 1.08. The van der Waals surface area contributed by atoms with E-state index < -0.39 is 34.8 Å². The molecule has 1 aromatic carbocycles. The molecule has 0 aliphatic carbocycles. The molecule has 1 aliphatic rings. The van der Waals surface area contributed by atoms with Crippen LogP contribution in [0.2, 0.25) is 0 Å². The molecular formula is C20H24F3N5O3. The number of piperazine rings is 1. The standard InChI is InChI=1S/C20H24F3N5O3/c1-12(16(29)15-17(24)25(2)19(31)26(3)18(15)30)27-7-9-28(10-8-27)14-6-4-5-13(11-14)20(21,22)23/h4-6,11-12H,7-10,24H2,1-3H3. The second-order valence-corrected chi connectivity index (χ2v) is 7.58. The van der Waals surface area contributed by atoms with Crippen molar-refractivity contribution in [3.8, 4) is 0 Å². The van der Waals surface area contributed by atoms with Crippen molar-refractivity contribution in [2.75, 3.05) is 36.8 Å². The van der Waals surface area contributed by atoms with Crippen LogP contribution in [0.5, 0.6) is 0 Å². The van der Waals surface area contributed by atoms with E-state index in [4.69, 9.17) is 5.73 Å². The van der Waals surface area contributed by atoms with Gasteiger partial charge in [-0.2, -0.15) is 13.2 Å². The maximum Gasteiger partial charge on any atom is 0.416 e. The van der Waals surface area contributed by atoms with Gasteiger partial charge in [0.1, 0.15) is 11.4 Å². The van der Waals surface area contributed by atoms with Gasteiger partial charge in [0.15, 0.2) is 5.78 Å². The highest BCUT2D eigenvalue weighted by Crippen LogP contribution is 2.32. The number of hydrogen-bond donors (Lipinski definition) is 1. The summed E-state index contributed by atoms with van der Waals surface area (Å²) < 4.78 is 40.8. The number of alkyl halides is 3. The molecule has 0 spiro atoms. The first-order valence-corrected chi connectivity index (χ1v) is 9.69. The van der Waals surface area contributed by atoms with E-state index >= 15 is 0 Å². The average molecular weight is 439 g/mol. The topological polar surface area (TPSA) is 93.6 Å². The minimum absolute atomic E-state index is 0.187. The Labute approximate surface area is 176 Å². The molecule has 11 heteroatoms. The molecule has 3 rings (SSSR count). The second-order valence-electron chi connectivity index (χ2n) is 7.58. The molecule has 2 aromatic rings. The van der Waals surface area contributed by atoms with Crippen LogP contribution in [0.25, 0.3) is 0 Å². The number of carbonyl (C=O) groups excluding carboxylic acids is 1. The van der Waals surface area contributed by atoms with Crippen LogP contribution in [0.3, 0.4) is 0 Å². The number of Topliss-reactive ketones (excluding diaryl/α,β-unsaturated/α-hetero) is 1. The normalized spacial score (nSPS) is 16.4. The third kappa shape index (κ3) is 4.22. The number of hydrogen-bond acceptors (Lipinski definition) is 6.